The Morgan fingerprint density at radius 1 is 1.47 bits per heavy atom. The van der Waals surface area contributed by atoms with E-state index in [1.165, 1.54) is 25.0 Å². The van der Waals surface area contributed by atoms with Crippen LogP contribution in [-0.4, -0.2) is 38.1 Å². The van der Waals surface area contributed by atoms with Gasteiger partial charge < -0.3 is 15.5 Å². The maximum Gasteiger partial charge on any atom is 0.127 e. The standard InChI is InChI=1S/C13H20FN3/c1-16-5-3-4-12(16)9-17(2)13-7-10(14)6-11(15)8-13/h6-8,12H,3-5,9,15H2,1-2H3. The molecular weight excluding hydrogens is 217 g/mol. The number of hydrogen-bond acceptors (Lipinski definition) is 3. The lowest BCUT2D eigenvalue weighted by Crippen LogP contribution is -2.36. The second-order valence-corrected chi connectivity index (χ2v) is 4.90. The van der Waals surface area contributed by atoms with Gasteiger partial charge in [-0.3, -0.25) is 0 Å². The fourth-order valence-electron chi connectivity index (χ4n) is 2.45. The number of nitrogens with two attached hydrogens (primary N) is 1. The highest BCUT2D eigenvalue weighted by molar-refractivity contribution is 5.56. The fraction of sp³-hybridized carbons (Fsp3) is 0.538. The van der Waals surface area contributed by atoms with E-state index in [1.807, 2.05) is 13.1 Å². The predicted molar refractivity (Wildman–Crippen MR) is 69.7 cm³/mol. The van der Waals surface area contributed by atoms with E-state index in [0.29, 0.717) is 11.7 Å². The van der Waals surface area contributed by atoms with Crippen molar-refractivity contribution in [1.29, 1.82) is 0 Å². The average molecular weight is 237 g/mol. The first-order valence-electron chi connectivity index (χ1n) is 6.03. The van der Waals surface area contributed by atoms with Gasteiger partial charge in [0.25, 0.3) is 0 Å². The third-order valence-electron chi connectivity index (χ3n) is 3.50. The Morgan fingerprint density at radius 2 is 2.24 bits per heavy atom. The molecule has 0 radical (unpaired) electrons. The first kappa shape index (κ1) is 12.2. The van der Waals surface area contributed by atoms with Crippen LogP contribution in [0.25, 0.3) is 0 Å². The minimum atomic E-state index is -0.272. The number of rotatable bonds is 3. The van der Waals surface area contributed by atoms with Gasteiger partial charge in [-0.2, -0.15) is 0 Å². The van der Waals surface area contributed by atoms with Crippen LogP contribution in [0.5, 0.6) is 0 Å². The molecule has 0 bridgehead atoms. The van der Waals surface area contributed by atoms with Gasteiger partial charge in [0, 0.05) is 31.0 Å². The quantitative estimate of drug-likeness (QED) is 0.815. The van der Waals surface area contributed by atoms with Crippen molar-refractivity contribution >= 4 is 11.4 Å². The van der Waals surface area contributed by atoms with Gasteiger partial charge in [0.2, 0.25) is 0 Å². The zero-order valence-electron chi connectivity index (χ0n) is 10.5. The van der Waals surface area contributed by atoms with Crippen LogP contribution in [0.4, 0.5) is 15.8 Å². The molecule has 0 aromatic heterocycles. The van der Waals surface area contributed by atoms with E-state index < -0.39 is 0 Å². The van der Waals surface area contributed by atoms with Gasteiger partial charge in [0.1, 0.15) is 5.82 Å². The molecule has 1 unspecified atom stereocenters. The van der Waals surface area contributed by atoms with Gasteiger partial charge in [-0.1, -0.05) is 0 Å². The molecule has 0 saturated carbocycles. The Kier molecular flexibility index (Phi) is 3.52. The van der Waals surface area contributed by atoms with E-state index in [1.54, 1.807) is 0 Å². The summed E-state index contributed by atoms with van der Waals surface area (Å²) in [5.41, 5.74) is 6.98. The van der Waals surface area contributed by atoms with Crippen molar-refractivity contribution in [2.75, 3.05) is 37.8 Å². The smallest absolute Gasteiger partial charge is 0.127 e. The van der Waals surface area contributed by atoms with Crippen LogP contribution in [0.1, 0.15) is 12.8 Å². The number of hydrogen-bond donors (Lipinski definition) is 1. The lowest BCUT2D eigenvalue weighted by atomic mass is 10.2. The second-order valence-electron chi connectivity index (χ2n) is 4.90. The molecule has 1 aromatic carbocycles. The molecule has 1 atom stereocenters. The van der Waals surface area contributed by atoms with E-state index in [2.05, 4.69) is 16.8 Å². The Labute approximate surface area is 102 Å². The van der Waals surface area contributed by atoms with Crippen LogP contribution in [0.3, 0.4) is 0 Å². The molecule has 3 nitrogen and oxygen atoms in total. The number of likely N-dealkylation sites (tertiary alicyclic amines) is 1. The van der Waals surface area contributed by atoms with E-state index in [4.69, 9.17) is 5.73 Å². The first-order valence-corrected chi connectivity index (χ1v) is 6.03. The topological polar surface area (TPSA) is 32.5 Å². The first-order chi connectivity index (χ1) is 8.06. The summed E-state index contributed by atoms with van der Waals surface area (Å²) >= 11 is 0. The summed E-state index contributed by atoms with van der Waals surface area (Å²) in [4.78, 5) is 4.44. The van der Waals surface area contributed by atoms with Crippen molar-refractivity contribution < 1.29 is 4.39 Å². The van der Waals surface area contributed by atoms with Crippen molar-refractivity contribution in [3.63, 3.8) is 0 Å². The van der Waals surface area contributed by atoms with Crippen molar-refractivity contribution in [3.05, 3.63) is 24.0 Å². The van der Waals surface area contributed by atoms with Crippen molar-refractivity contribution in [3.8, 4) is 0 Å². The summed E-state index contributed by atoms with van der Waals surface area (Å²) in [5, 5.41) is 0. The Balaban J connectivity index is 2.06. The van der Waals surface area contributed by atoms with Crippen LogP contribution >= 0.6 is 0 Å². The highest BCUT2D eigenvalue weighted by Crippen LogP contribution is 2.22. The lowest BCUT2D eigenvalue weighted by Gasteiger charge is -2.27. The highest BCUT2D eigenvalue weighted by atomic mass is 19.1. The van der Waals surface area contributed by atoms with E-state index in [0.717, 1.165) is 18.8 Å². The Hall–Kier alpha value is -1.29. The summed E-state index contributed by atoms with van der Waals surface area (Å²) in [6, 6.07) is 5.26. The average Bonchev–Trinajstić information content (AvgIpc) is 2.63. The third kappa shape index (κ3) is 2.88. The van der Waals surface area contributed by atoms with E-state index >= 15 is 0 Å². The largest absolute Gasteiger partial charge is 0.399 e. The Bertz CT molecular complexity index is 374. The van der Waals surface area contributed by atoms with Crippen LogP contribution in [0, 0.1) is 5.82 Å². The van der Waals surface area contributed by atoms with Gasteiger partial charge in [0.15, 0.2) is 0 Å². The number of nitrogens with zero attached hydrogens (tertiary/aromatic N) is 2. The summed E-state index contributed by atoms with van der Waals surface area (Å²) in [7, 11) is 4.13. The monoisotopic (exact) mass is 237 g/mol. The fourth-order valence-corrected chi connectivity index (χ4v) is 2.45. The molecule has 1 fully saturated rings. The summed E-state index contributed by atoms with van der Waals surface area (Å²) in [6.07, 6.45) is 2.46. The molecule has 0 aliphatic carbocycles. The SMILES string of the molecule is CN(CC1CCCN1C)c1cc(N)cc(F)c1. The highest BCUT2D eigenvalue weighted by Gasteiger charge is 2.22. The molecule has 1 heterocycles. The molecular formula is C13H20FN3. The normalized spacial score (nSPS) is 20.8. The van der Waals surface area contributed by atoms with Crippen LogP contribution in [-0.2, 0) is 0 Å². The Morgan fingerprint density at radius 3 is 2.82 bits per heavy atom. The molecule has 1 aliphatic rings. The van der Waals surface area contributed by atoms with Crippen LogP contribution < -0.4 is 10.6 Å². The lowest BCUT2D eigenvalue weighted by molar-refractivity contribution is 0.314. The predicted octanol–water partition coefficient (Wildman–Crippen LogP) is 1.94. The molecule has 1 saturated heterocycles. The second kappa shape index (κ2) is 4.92. The molecule has 1 aliphatic heterocycles. The number of benzene rings is 1. The summed E-state index contributed by atoms with van der Waals surface area (Å²) in [5.74, 6) is -0.272. The molecule has 0 amide bonds. The van der Waals surface area contributed by atoms with Gasteiger partial charge in [0.05, 0.1) is 0 Å². The van der Waals surface area contributed by atoms with Crippen molar-refractivity contribution in [2.24, 2.45) is 0 Å². The van der Waals surface area contributed by atoms with Crippen LogP contribution in [0.15, 0.2) is 18.2 Å². The molecule has 0 spiro atoms. The molecule has 17 heavy (non-hydrogen) atoms. The summed E-state index contributed by atoms with van der Waals surface area (Å²) in [6.45, 7) is 2.07. The number of likely N-dealkylation sites (N-methyl/N-ethyl adjacent to an activating group) is 2. The minimum absolute atomic E-state index is 0.272. The zero-order chi connectivity index (χ0) is 12.4. The minimum Gasteiger partial charge on any atom is -0.399 e. The maximum absolute atomic E-state index is 13.3. The number of anilines is 2. The van der Waals surface area contributed by atoms with Gasteiger partial charge in [-0.15, -0.1) is 0 Å². The van der Waals surface area contributed by atoms with Crippen LogP contribution in [0.2, 0.25) is 0 Å². The molecule has 2 N–H and O–H groups in total. The van der Waals surface area contributed by atoms with E-state index in [9.17, 15) is 4.39 Å². The third-order valence-corrected chi connectivity index (χ3v) is 3.50. The van der Waals surface area contributed by atoms with Gasteiger partial charge in [-0.05, 0) is 44.6 Å². The van der Waals surface area contributed by atoms with Crippen molar-refractivity contribution in [1.82, 2.24) is 4.90 Å². The number of halogens is 1. The maximum atomic E-state index is 13.3. The molecule has 1 aromatic rings. The van der Waals surface area contributed by atoms with Crippen molar-refractivity contribution in [2.45, 2.75) is 18.9 Å². The molecule has 94 valence electrons. The molecule has 2 rings (SSSR count). The zero-order valence-corrected chi connectivity index (χ0v) is 10.5. The van der Waals surface area contributed by atoms with Gasteiger partial charge >= 0.3 is 0 Å². The van der Waals surface area contributed by atoms with E-state index in [-0.39, 0.29) is 5.82 Å². The summed E-state index contributed by atoms with van der Waals surface area (Å²) < 4.78 is 13.3. The van der Waals surface area contributed by atoms with Gasteiger partial charge in [-0.25, -0.2) is 4.39 Å². The number of nitrogen functional groups attached to an aromatic ring is 1. The molecule has 4 heteroatoms.